The Labute approximate surface area is 144 Å². The fraction of sp³-hybridized carbons (Fsp3) is 0.438. The van der Waals surface area contributed by atoms with Gasteiger partial charge in [-0.05, 0) is 24.8 Å². The van der Waals surface area contributed by atoms with Crippen LogP contribution in [0, 0.1) is 12.8 Å². The van der Waals surface area contributed by atoms with Crippen LogP contribution in [0.1, 0.15) is 24.6 Å². The monoisotopic (exact) mass is 340 g/mol. The zero-order chi connectivity index (χ0) is 17.2. The standard InChI is InChI=1S/C16H20N8O/c1-11-19-13(22-25-11)8-12-4-2-6-23(10-12)14-9-15(21-16(17)20-14)24-7-3-5-18-24/h3,5,7,9,12H,2,4,6,8,10H2,1H3,(H2,17,20,21). The summed E-state index contributed by atoms with van der Waals surface area (Å²) in [5.74, 6) is 3.57. The van der Waals surface area contributed by atoms with Crippen LogP contribution in [-0.4, -0.2) is 43.0 Å². The van der Waals surface area contributed by atoms with Crippen molar-refractivity contribution in [3.05, 3.63) is 36.2 Å². The molecule has 9 nitrogen and oxygen atoms in total. The molecule has 1 unspecified atom stereocenters. The number of anilines is 2. The van der Waals surface area contributed by atoms with E-state index in [0.717, 1.165) is 44.0 Å². The zero-order valence-electron chi connectivity index (χ0n) is 14.0. The van der Waals surface area contributed by atoms with Crippen molar-refractivity contribution < 1.29 is 4.52 Å². The molecule has 2 N–H and O–H groups in total. The van der Waals surface area contributed by atoms with E-state index in [1.165, 1.54) is 0 Å². The van der Waals surface area contributed by atoms with E-state index in [1.807, 2.05) is 25.3 Å². The van der Waals surface area contributed by atoms with E-state index < -0.39 is 0 Å². The Morgan fingerprint density at radius 1 is 1.28 bits per heavy atom. The average Bonchev–Trinajstić information content (AvgIpc) is 3.27. The largest absolute Gasteiger partial charge is 0.368 e. The van der Waals surface area contributed by atoms with Gasteiger partial charge in [-0.25, -0.2) is 4.68 Å². The zero-order valence-corrected chi connectivity index (χ0v) is 14.0. The van der Waals surface area contributed by atoms with Gasteiger partial charge in [0.25, 0.3) is 0 Å². The van der Waals surface area contributed by atoms with E-state index in [9.17, 15) is 0 Å². The van der Waals surface area contributed by atoms with Crippen molar-refractivity contribution in [1.82, 2.24) is 29.9 Å². The van der Waals surface area contributed by atoms with Crippen LogP contribution in [0.5, 0.6) is 0 Å². The van der Waals surface area contributed by atoms with Crippen LogP contribution in [0.4, 0.5) is 11.8 Å². The fourth-order valence-electron chi connectivity index (χ4n) is 3.25. The van der Waals surface area contributed by atoms with Crippen LogP contribution >= 0.6 is 0 Å². The second-order valence-electron chi connectivity index (χ2n) is 6.28. The summed E-state index contributed by atoms with van der Waals surface area (Å²) >= 11 is 0. The van der Waals surface area contributed by atoms with Crippen molar-refractivity contribution in [2.45, 2.75) is 26.2 Å². The maximum Gasteiger partial charge on any atom is 0.224 e. The van der Waals surface area contributed by atoms with Crippen molar-refractivity contribution in [3.63, 3.8) is 0 Å². The van der Waals surface area contributed by atoms with Gasteiger partial charge in [0, 0.05) is 44.9 Å². The van der Waals surface area contributed by atoms with Crippen molar-refractivity contribution >= 4 is 11.8 Å². The number of nitrogens with two attached hydrogens (primary N) is 1. The van der Waals surface area contributed by atoms with E-state index in [1.54, 1.807) is 10.9 Å². The third kappa shape index (κ3) is 3.44. The first-order valence-electron chi connectivity index (χ1n) is 8.36. The summed E-state index contributed by atoms with van der Waals surface area (Å²) in [5, 5.41) is 8.22. The number of hydrogen-bond acceptors (Lipinski definition) is 8. The van der Waals surface area contributed by atoms with Crippen LogP contribution in [0.25, 0.3) is 5.82 Å². The van der Waals surface area contributed by atoms with E-state index >= 15 is 0 Å². The lowest BCUT2D eigenvalue weighted by Gasteiger charge is -2.33. The summed E-state index contributed by atoms with van der Waals surface area (Å²) in [4.78, 5) is 15.2. The third-order valence-electron chi connectivity index (χ3n) is 4.34. The smallest absolute Gasteiger partial charge is 0.224 e. The molecule has 130 valence electrons. The van der Waals surface area contributed by atoms with E-state index in [-0.39, 0.29) is 5.95 Å². The first kappa shape index (κ1) is 15.6. The molecule has 0 saturated carbocycles. The molecule has 0 aliphatic carbocycles. The maximum absolute atomic E-state index is 5.91. The van der Waals surface area contributed by atoms with E-state index in [2.05, 4.69) is 30.1 Å². The average molecular weight is 340 g/mol. The maximum atomic E-state index is 5.91. The topological polar surface area (TPSA) is 112 Å². The summed E-state index contributed by atoms with van der Waals surface area (Å²) in [6, 6.07) is 3.77. The molecule has 1 fully saturated rings. The third-order valence-corrected chi connectivity index (χ3v) is 4.34. The van der Waals surface area contributed by atoms with Gasteiger partial charge in [0.05, 0.1) is 0 Å². The minimum Gasteiger partial charge on any atom is -0.368 e. The molecule has 1 saturated heterocycles. The van der Waals surface area contributed by atoms with Crippen molar-refractivity contribution in [2.75, 3.05) is 23.7 Å². The second kappa shape index (κ2) is 6.50. The number of nitrogens with zero attached hydrogens (tertiary/aromatic N) is 7. The minimum atomic E-state index is 0.249. The van der Waals surface area contributed by atoms with Crippen LogP contribution in [0.3, 0.4) is 0 Å². The Kier molecular flexibility index (Phi) is 4.04. The highest BCUT2D eigenvalue weighted by molar-refractivity contribution is 5.48. The first-order chi connectivity index (χ1) is 12.2. The van der Waals surface area contributed by atoms with Gasteiger partial charge in [-0.2, -0.15) is 20.1 Å². The summed E-state index contributed by atoms with van der Waals surface area (Å²) in [6.45, 7) is 3.63. The molecule has 3 aromatic heterocycles. The summed E-state index contributed by atoms with van der Waals surface area (Å²) in [5.41, 5.74) is 5.91. The van der Waals surface area contributed by atoms with E-state index in [0.29, 0.717) is 17.6 Å². The van der Waals surface area contributed by atoms with Crippen LogP contribution in [-0.2, 0) is 6.42 Å². The van der Waals surface area contributed by atoms with Crippen LogP contribution in [0.2, 0.25) is 0 Å². The van der Waals surface area contributed by atoms with Gasteiger partial charge in [0.2, 0.25) is 11.8 Å². The van der Waals surface area contributed by atoms with E-state index in [4.69, 9.17) is 10.3 Å². The molecule has 9 heteroatoms. The van der Waals surface area contributed by atoms with Gasteiger partial charge < -0.3 is 15.2 Å². The Morgan fingerprint density at radius 3 is 2.92 bits per heavy atom. The highest BCUT2D eigenvalue weighted by atomic mass is 16.5. The van der Waals surface area contributed by atoms with Crippen molar-refractivity contribution in [3.8, 4) is 5.82 Å². The second-order valence-corrected chi connectivity index (χ2v) is 6.28. The van der Waals surface area contributed by atoms with Gasteiger partial charge in [-0.1, -0.05) is 5.16 Å². The number of hydrogen-bond donors (Lipinski definition) is 1. The van der Waals surface area contributed by atoms with Gasteiger partial charge in [-0.3, -0.25) is 0 Å². The van der Waals surface area contributed by atoms with Crippen molar-refractivity contribution in [2.24, 2.45) is 5.92 Å². The molecule has 0 aromatic carbocycles. The number of nitrogen functional groups attached to an aromatic ring is 1. The predicted molar refractivity (Wildman–Crippen MR) is 91.2 cm³/mol. The lowest BCUT2D eigenvalue weighted by atomic mass is 9.94. The molecule has 4 rings (SSSR count). The Bertz CT molecular complexity index is 844. The molecular formula is C16H20N8O. The molecule has 1 atom stereocenters. The number of aromatic nitrogens is 6. The summed E-state index contributed by atoms with van der Waals surface area (Å²) in [6.07, 6.45) is 6.57. The normalized spacial score (nSPS) is 17.8. The highest BCUT2D eigenvalue weighted by Crippen LogP contribution is 2.25. The molecule has 1 aliphatic heterocycles. The van der Waals surface area contributed by atoms with Gasteiger partial charge in [0.1, 0.15) is 5.82 Å². The Hall–Kier alpha value is -2.97. The number of rotatable bonds is 4. The molecule has 25 heavy (non-hydrogen) atoms. The lowest BCUT2D eigenvalue weighted by Crippen LogP contribution is -2.37. The Morgan fingerprint density at radius 2 is 2.16 bits per heavy atom. The molecular weight excluding hydrogens is 320 g/mol. The van der Waals surface area contributed by atoms with Gasteiger partial charge in [-0.15, -0.1) is 0 Å². The molecule has 0 bridgehead atoms. The quantitative estimate of drug-likeness (QED) is 0.758. The van der Waals surface area contributed by atoms with Gasteiger partial charge >= 0.3 is 0 Å². The van der Waals surface area contributed by atoms with Crippen LogP contribution < -0.4 is 10.6 Å². The number of piperidine rings is 1. The summed E-state index contributed by atoms with van der Waals surface area (Å²) < 4.78 is 6.75. The molecule has 0 spiro atoms. The predicted octanol–water partition coefficient (Wildman–Crippen LogP) is 1.40. The SMILES string of the molecule is Cc1nc(CC2CCCN(c3cc(-n4cccn4)nc(N)n3)C2)no1. The molecule has 0 amide bonds. The molecule has 0 radical (unpaired) electrons. The van der Waals surface area contributed by atoms with Gasteiger partial charge in [0.15, 0.2) is 11.6 Å². The minimum absolute atomic E-state index is 0.249. The molecule has 3 aromatic rings. The molecule has 1 aliphatic rings. The first-order valence-corrected chi connectivity index (χ1v) is 8.36. The highest BCUT2D eigenvalue weighted by Gasteiger charge is 2.23. The van der Waals surface area contributed by atoms with Crippen LogP contribution in [0.15, 0.2) is 29.0 Å². The Balaban J connectivity index is 1.53. The number of aryl methyl sites for hydroxylation is 1. The lowest BCUT2D eigenvalue weighted by molar-refractivity contribution is 0.369. The van der Waals surface area contributed by atoms with Crippen molar-refractivity contribution in [1.29, 1.82) is 0 Å². The summed E-state index contributed by atoms with van der Waals surface area (Å²) in [7, 11) is 0. The molecule has 4 heterocycles. The fourth-order valence-corrected chi connectivity index (χ4v) is 3.25.